The quantitative estimate of drug-likeness (QED) is 0.0941. The molecule has 49 heavy (non-hydrogen) atoms. The molecule has 0 fully saturated rings. The summed E-state index contributed by atoms with van der Waals surface area (Å²) in [6.07, 6.45) is 8.25. The number of benzene rings is 4. The lowest BCUT2D eigenvalue weighted by atomic mass is 9.99. The highest BCUT2D eigenvalue weighted by Crippen LogP contribution is 2.27. The van der Waals surface area contributed by atoms with E-state index in [1.165, 1.54) is 11.0 Å². The number of nitrogens with zero attached hydrogens (tertiary/aromatic N) is 2. The molecule has 0 radical (unpaired) electrons. The van der Waals surface area contributed by atoms with E-state index in [0.29, 0.717) is 23.6 Å². The van der Waals surface area contributed by atoms with Crippen molar-refractivity contribution in [2.24, 2.45) is 4.99 Å². The summed E-state index contributed by atoms with van der Waals surface area (Å²) in [5.41, 5.74) is 5.12. The van der Waals surface area contributed by atoms with E-state index in [1.54, 1.807) is 55.5 Å². The molecule has 1 heterocycles. The molecule has 0 bridgehead atoms. The molecular formula is C41H37N3O4S. The fourth-order valence-corrected chi connectivity index (χ4v) is 6.00. The Labute approximate surface area is 291 Å². The third-order valence-electron chi connectivity index (χ3n) is 7.59. The summed E-state index contributed by atoms with van der Waals surface area (Å²) >= 11 is 1.02. The lowest BCUT2D eigenvalue weighted by Gasteiger charge is -2.28. The summed E-state index contributed by atoms with van der Waals surface area (Å²) < 4.78 is 5.93. The number of amidine groups is 1. The zero-order valence-corrected chi connectivity index (χ0v) is 28.2. The lowest BCUT2D eigenvalue weighted by Crippen LogP contribution is -2.42. The third-order valence-corrected chi connectivity index (χ3v) is 8.53. The second-order valence-corrected chi connectivity index (χ2v) is 12.1. The first-order chi connectivity index (χ1) is 23.9. The van der Waals surface area contributed by atoms with Gasteiger partial charge in [-0.2, -0.15) is 4.99 Å². The van der Waals surface area contributed by atoms with E-state index >= 15 is 0 Å². The van der Waals surface area contributed by atoms with E-state index in [2.05, 4.69) is 23.0 Å². The largest absolute Gasteiger partial charge is 0.489 e. The average Bonchev–Trinajstić information content (AvgIpc) is 3.13. The topological polar surface area (TPSA) is 88.1 Å². The van der Waals surface area contributed by atoms with Crippen molar-refractivity contribution in [3.05, 3.63) is 179 Å². The summed E-state index contributed by atoms with van der Waals surface area (Å²) in [5, 5.41) is 3.22. The first-order valence-electron chi connectivity index (χ1n) is 15.8. The number of ether oxygens (including phenoxy) is 1. The van der Waals surface area contributed by atoms with E-state index in [0.717, 1.165) is 34.0 Å². The van der Waals surface area contributed by atoms with Gasteiger partial charge in [0.15, 0.2) is 5.17 Å². The van der Waals surface area contributed by atoms with Gasteiger partial charge in [-0.15, -0.1) is 0 Å². The van der Waals surface area contributed by atoms with E-state index in [-0.39, 0.29) is 28.4 Å². The maximum Gasteiger partial charge on any atom is 0.285 e. The van der Waals surface area contributed by atoms with Crippen LogP contribution in [0.15, 0.2) is 156 Å². The number of hydrogen-bond donors (Lipinski definition) is 1. The van der Waals surface area contributed by atoms with Crippen LogP contribution in [0.5, 0.6) is 5.75 Å². The Morgan fingerprint density at radius 2 is 1.61 bits per heavy atom. The Hall–Kier alpha value is -5.73. The first kappa shape index (κ1) is 34.6. The standard InChI is InChI=1S/C41H37N3O4S/c1-4-6-20-34(5-2)44-40(47)36(26-30-21-23-35(24-22-30)48-27-31-15-13-14-29(3)25-31)39(46)43-41(44)49-28-37(45)42-38(32-16-9-7-10-17-32)33-18-11-8-12-19-33/h4-26,38H,1,27-28H2,2-3H3,(H,42,45)/b20-6-,34-5+,36-26+. The molecule has 0 unspecified atom stereocenters. The predicted octanol–water partition coefficient (Wildman–Crippen LogP) is 7.97. The molecule has 0 atom stereocenters. The molecule has 0 spiro atoms. The van der Waals surface area contributed by atoms with Crippen LogP contribution in [0.2, 0.25) is 0 Å². The van der Waals surface area contributed by atoms with Crippen LogP contribution >= 0.6 is 11.8 Å². The normalized spacial score (nSPS) is 14.3. The number of carbonyl (C=O) groups excluding carboxylic acids is 3. The fourth-order valence-electron chi connectivity index (χ4n) is 5.19. The highest BCUT2D eigenvalue weighted by molar-refractivity contribution is 8.14. The molecule has 8 heteroatoms. The molecule has 0 saturated heterocycles. The number of hydrogen-bond acceptors (Lipinski definition) is 5. The Balaban J connectivity index is 1.34. The van der Waals surface area contributed by atoms with Gasteiger partial charge in [0.25, 0.3) is 11.8 Å². The van der Waals surface area contributed by atoms with Gasteiger partial charge in [0.05, 0.1) is 11.8 Å². The van der Waals surface area contributed by atoms with E-state index in [4.69, 9.17) is 4.74 Å². The van der Waals surface area contributed by atoms with Crippen molar-refractivity contribution in [2.45, 2.75) is 26.5 Å². The molecule has 1 aliphatic rings. The van der Waals surface area contributed by atoms with Gasteiger partial charge in [-0.05, 0) is 60.4 Å². The van der Waals surface area contributed by atoms with Gasteiger partial charge in [-0.25, -0.2) is 0 Å². The molecule has 246 valence electrons. The number of carbonyl (C=O) groups is 3. The van der Waals surface area contributed by atoms with Crippen LogP contribution < -0.4 is 10.1 Å². The number of aryl methyl sites for hydroxylation is 1. The van der Waals surface area contributed by atoms with E-state index in [9.17, 15) is 14.4 Å². The van der Waals surface area contributed by atoms with Gasteiger partial charge in [-0.1, -0.05) is 139 Å². The summed E-state index contributed by atoms with van der Waals surface area (Å²) in [7, 11) is 0. The van der Waals surface area contributed by atoms with Gasteiger partial charge in [-0.3, -0.25) is 19.3 Å². The van der Waals surface area contributed by atoms with Gasteiger partial charge in [0, 0.05) is 5.70 Å². The average molecular weight is 668 g/mol. The number of thioether (sulfide) groups is 1. The highest BCUT2D eigenvalue weighted by Gasteiger charge is 2.35. The van der Waals surface area contributed by atoms with Crippen molar-refractivity contribution >= 4 is 40.7 Å². The predicted molar refractivity (Wildman–Crippen MR) is 198 cm³/mol. The molecule has 0 aliphatic carbocycles. The summed E-state index contributed by atoms with van der Waals surface area (Å²) in [5.74, 6) is -0.916. The number of amides is 3. The van der Waals surface area contributed by atoms with Crippen molar-refractivity contribution in [1.82, 2.24) is 10.2 Å². The second kappa shape index (κ2) is 16.9. The van der Waals surface area contributed by atoms with Gasteiger partial charge >= 0.3 is 0 Å². The number of nitrogens with one attached hydrogen (secondary N) is 1. The molecule has 1 N–H and O–H groups in total. The number of allylic oxidation sites excluding steroid dienone is 4. The molecule has 0 saturated carbocycles. The van der Waals surface area contributed by atoms with Crippen LogP contribution in [-0.4, -0.2) is 33.5 Å². The highest BCUT2D eigenvalue weighted by atomic mass is 32.2. The van der Waals surface area contributed by atoms with Crippen molar-refractivity contribution in [3.8, 4) is 5.75 Å². The molecule has 0 aromatic heterocycles. The summed E-state index contributed by atoms with van der Waals surface area (Å²) in [6, 6.07) is 34.3. The van der Waals surface area contributed by atoms with E-state index in [1.807, 2.05) is 85.8 Å². The van der Waals surface area contributed by atoms with Crippen LogP contribution in [-0.2, 0) is 21.0 Å². The number of rotatable bonds is 12. The monoisotopic (exact) mass is 667 g/mol. The Morgan fingerprint density at radius 3 is 2.22 bits per heavy atom. The van der Waals surface area contributed by atoms with Crippen LogP contribution in [0.3, 0.4) is 0 Å². The third kappa shape index (κ3) is 9.21. The maximum absolute atomic E-state index is 14.0. The first-order valence-corrected chi connectivity index (χ1v) is 16.8. The molecule has 5 rings (SSSR count). The molecule has 3 amide bonds. The van der Waals surface area contributed by atoms with Crippen molar-refractivity contribution in [2.75, 3.05) is 5.75 Å². The van der Waals surface area contributed by atoms with E-state index < -0.39 is 11.8 Å². The van der Waals surface area contributed by atoms with Crippen molar-refractivity contribution < 1.29 is 19.1 Å². The van der Waals surface area contributed by atoms with Gasteiger partial charge < -0.3 is 10.1 Å². The molecule has 7 nitrogen and oxygen atoms in total. The summed E-state index contributed by atoms with van der Waals surface area (Å²) in [4.78, 5) is 46.3. The minimum atomic E-state index is -0.682. The fraction of sp³-hybridized carbons (Fsp3) is 0.122. The minimum Gasteiger partial charge on any atom is -0.489 e. The van der Waals surface area contributed by atoms with Crippen LogP contribution in [0, 0.1) is 6.92 Å². The maximum atomic E-state index is 14.0. The zero-order chi connectivity index (χ0) is 34.6. The minimum absolute atomic E-state index is 0.0721. The molecule has 4 aromatic carbocycles. The molecule has 1 aliphatic heterocycles. The van der Waals surface area contributed by atoms with Crippen molar-refractivity contribution in [3.63, 3.8) is 0 Å². The molecule has 4 aromatic rings. The second-order valence-electron chi connectivity index (χ2n) is 11.2. The Bertz CT molecular complexity index is 1890. The van der Waals surface area contributed by atoms with Gasteiger partial charge in [0.1, 0.15) is 17.9 Å². The zero-order valence-electron chi connectivity index (χ0n) is 27.4. The SMILES string of the molecule is C=C/C=C\C(=C/C)N1C(=O)/C(=C/c2ccc(OCc3cccc(C)c3)cc2)C(=O)N=C1SCC(=O)NC(c1ccccc1)c1ccccc1. The Kier molecular flexibility index (Phi) is 11.9. The van der Waals surface area contributed by atoms with Crippen LogP contribution in [0.4, 0.5) is 0 Å². The van der Waals surface area contributed by atoms with Crippen LogP contribution in [0.1, 0.15) is 40.8 Å². The molecular weight excluding hydrogens is 631 g/mol. The lowest BCUT2D eigenvalue weighted by molar-refractivity contribution is -0.126. The summed E-state index contributed by atoms with van der Waals surface area (Å²) in [6.45, 7) is 7.97. The van der Waals surface area contributed by atoms with Crippen LogP contribution in [0.25, 0.3) is 6.08 Å². The number of aliphatic imine (C=N–C) groups is 1. The smallest absolute Gasteiger partial charge is 0.285 e. The Morgan fingerprint density at radius 1 is 0.939 bits per heavy atom. The van der Waals surface area contributed by atoms with Gasteiger partial charge in [0.2, 0.25) is 5.91 Å². The van der Waals surface area contributed by atoms with Crippen molar-refractivity contribution in [1.29, 1.82) is 0 Å².